The van der Waals surface area contributed by atoms with Crippen molar-refractivity contribution >= 4 is 0 Å². The lowest BCUT2D eigenvalue weighted by atomic mass is 9.80. The Bertz CT molecular complexity index is 158. The summed E-state index contributed by atoms with van der Waals surface area (Å²) >= 11 is 0. The van der Waals surface area contributed by atoms with Gasteiger partial charge >= 0.3 is 0 Å². The van der Waals surface area contributed by atoms with E-state index in [4.69, 9.17) is 4.74 Å². The Morgan fingerprint density at radius 2 is 1.57 bits per heavy atom. The Balaban J connectivity index is 1.76. The fourth-order valence-corrected chi connectivity index (χ4v) is 2.93. The van der Waals surface area contributed by atoms with Gasteiger partial charge in [0.05, 0.1) is 0 Å². The average Bonchev–Trinajstić information content (AvgIpc) is 2.30. The Labute approximate surface area is 87.6 Å². The molecule has 82 valence electrons. The van der Waals surface area contributed by atoms with Gasteiger partial charge in [0.25, 0.3) is 0 Å². The maximum atomic E-state index is 5.42. The summed E-state index contributed by atoms with van der Waals surface area (Å²) in [5.74, 6) is 1.98. The van der Waals surface area contributed by atoms with Crippen molar-refractivity contribution in [3.63, 3.8) is 0 Å². The third kappa shape index (κ3) is 2.48. The van der Waals surface area contributed by atoms with Crippen LogP contribution in [0.25, 0.3) is 0 Å². The highest BCUT2D eigenvalue weighted by molar-refractivity contribution is 4.78. The van der Waals surface area contributed by atoms with Crippen molar-refractivity contribution in [1.29, 1.82) is 0 Å². The molecule has 2 nitrogen and oxygen atoms in total. The van der Waals surface area contributed by atoms with Crippen molar-refractivity contribution < 1.29 is 4.74 Å². The van der Waals surface area contributed by atoms with Crippen LogP contribution >= 0.6 is 0 Å². The molecule has 0 amide bonds. The fraction of sp³-hybridized carbons (Fsp3) is 1.00. The summed E-state index contributed by atoms with van der Waals surface area (Å²) in [5, 5.41) is 0. The zero-order valence-corrected chi connectivity index (χ0v) is 9.37. The van der Waals surface area contributed by atoms with Crippen molar-refractivity contribution in [2.75, 3.05) is 32.8 Å². The maximum absolute atomic E-state index is 5.42. The Hall–Kier alpha value is -0.0800. The second-order valence-electron chi connectivity index (χ2n) is 4.72. The molecule has 0 saturated carbocycles. The summed E-state index contributed by atoms with van der Waals surface area (Å²) in [6.45, 7) is 8.20. The van der Waals surface area contributed by atoms with E-state index in [9.17, 15) is 0 Å². The van der Waals surface area contributed by atoms with Crippen LogP contribution in [0.5, 0.6) is 0 Å². The van der Waals surface area contributed by atoms with Crippen LogP contribution < -0.4 is 0 Å². The summed E-state index contributed by atoms with van der Waals surface area (Å²) < 4.78 is 5.42. The first-order valence-electron chi connectivity index (χ1n) is 6.20. The van der Waals surface area contributed by atoms with E-state index in [0.29, 0.717) is 0 Å². The molecule has 2 heterocycles. The van der Waals surface area contributed by atoms with Gasteiger partial charge in [0.15, 0.2) is 0 Å². The Morgan fingerprint density at radius 1 is 1.00 bits per heavy atom. The Kier molecular flexibility index (Phi) is 3.82. The number of rotatable bonds is 2. The third-order valence-corrected chi connectivity index (χ3v) is 4.01. The van der Waals surface area contributed by atoms with Crippen LogP contribution in [0.3, 0.4) is 0 Å². The first-order chi connectivity index (χ1) is 6.90. The molecule has 2 rings (SSSR count). The molecule has 2 aliphatic rings. The van der Waals surface area contributed by atoms with E-state index < -0.39 is 0 Å². The molecule has 2 aliphatic heterocycles. The average molecular weight is 197 g/mol. The van der Waals surface area contributed by atoms with Gasteiger partial charge < -0.3 is 9.64 Å². The minimum atomic E-state index is 0.975. The van der Waals surface area contributed by atoms with E-state index in [1.165, 1.54) is 45.3 Å². The van der Waals surface area contributed by atoms with E-state index in [1.807, 2.05) is 0 Å². The van der Waals surface area contributed by atoms with Gasteiger partial charge in [-0.25, -0.2) is 0 Å². The first kappa shape index (κ1) is 10.4. The summed E-state index contributed by atoms with van der Waals surface area (Å²) in [7, 11) is 0. The van der Waals surface area contributed by atoms with E-state index in [-0.39, 0.29) is 0 Å². The van der Waals surface area contributed by atoms with Crippen LogP contribution in [0.4, 0.5) is 0 Å². The number of hydrogen-bond acceptors (Lipinski definition) is 2. The molecule has 0 unspecified atom stereocenters. The molecule has 14 heavy (non-hydrogen) atoms. The molecule has 0 radical (unpaired) electrons. The quantitative estimate of drug-likeness (QED) is 0.672. The number of nitrogens with zero attached hydrogens (tertiary/aromatic N) is 1. The summed E-state index contributed by atoms with van der Waals surface area (Å²) in [6, 6.07) is 0. The predicted octanol–water partition coefficient (Wildman–Crippen LogP) is 2.14. The van der Waals surface area contributed by atoms with Crippen LogP contribution in [-0.4, -0.2) is 37.7 Å². The highest BCUT2D eigenvalue weighted by Gasteiger charge is 2.27. The van der Waals surface area contributed by atoms with Gasteiger partial charge in [-0.05, 0) is 57.2 Å². The van der Waals surface area contributed by atoms with Gasteiger partial charge in [-0.2, -0.15) is 0 Å². The predicted molar refractivity (Wildman–Crippen MR) is 58.4 cm³/mol. The van der Waals surface area contributed by atoms with Crippen LogP contribution in [0, 0.1) is 11.8 Å². The van der Waals surface area contributed by atoms with Crippen LogP contribution in [0.15, 0.2) is 0 Å². The molecular weight excluding hydrogens is 174 g/mol. The highest BCUT2D eigenvalue weighted by atomic mass is 16.5. The maximum Gasteiger partial charge on any atom is 0.0468 e. The lowest BCUT2D eigenvalue weighted by Crippen LogP contribution is -2.37. The molecule has 2 heteroatoms. The van der Waals surface area contributed by atoms with E-state index in [0.717, 1.165) is 25.0 Å². The normalized spacial score (nSPS) is 28.1. The molecule has 0 N–H and O–H groups in total. The van der Waals surface area contributed by atoms with Gasteiger partial charge in [0, 0.05) is 13.2 Å². The number of piperidine rings is 1. The molecule has 0 aromatic heterocycles. The van der Waals surface area contributed by atoms with Gasteiger partial charge in [-0.15, -0.1) is 0 Å². The van der Waals surface area contributed by atoms with Gasteiger partial charge in [-0.1, -0.05) is 6.92 Å². The van der Waals surface area contributed by atoms with Crippen molar-refractivity contribution in [3.8, 4) is 0 Å². The van der Waals surface area contributed by atoms with Gasteiger partial charge in [-0.3, -0.25) is 0 Å². The molecule has 0 aliphatic carbocycles. The number of hydrogen-bond donors (Lipinski definition) is 0. The highest BCUT2D eigenvalue weighted by Crippen LogP contribution is 2.31. The Morgan fingerprint density at radius 3 is 2.14 bits per heavy atom. The van der Waals surface area contributed by atoms with Crippen molar-refractivity contribution in [1.82, 2.24) is 4.90 Å². The standard InChI is InChI=1S/C12H23NO/c1-2-13-7-3-11(4-8-13)12-5-9-14-10-6-12/h11-12H,2-10H2,1H3. The second-order valence-corrected chi connectivity index (χ2v) is 4.72. The molecule has 0 aromatic rings. The summed E-state index contributed by atoms with van der Waals surface area (Å²) in [4.78, 5) is 2.58. The summed E-state index contributed by atoms with van der Waals surface area (Å²) in [6.07, 6.45) is 5.49. The molecule has 0 bridgehead atoms. The zero-order valence-electron chi connectivity index (χ0n) is 9.37. The number of ether oxygens (including phenoxy) is 1. The molecule has 0 spiro atoms. The van der Waals surface area contributed by atoms with E-state index in [2.05, 4.69) is 11.8 Å². The van der Waals surface area contributed by atoms with Crippen LogP contribution in [0.1, 0.15) is 32.6 Å². The molecule has 2 fully saturated rings. The lowest BCUT2D eigenvalue weighted by Gasteiger charge is -2.37. The fourth-order valence-electron chi connectivity index (χ4n) is 2.93. The number of likely N-dealkylation sites (tertiary alicyclic amines) is 1. The second kappa shape index (κ2) is 5.13. The van der Waals surface area contributed by atoms with E-state index in [1.54, 1.807) is 0 Å². The van der Waals surface area contributed by atoms with Crippen LogP contribution in [0.2, 0.25) is 0 Å². The first-order valence-corrected chi connectivity index (χ1v) is 6.20. The van der Waals surface area contributed by atoms with Crippen LogP contribution in [-0.2, 0) is 4.74 Å². The topological polar surface area (TPSA) is 12.5 Å². The van der Waals surface area contributed by atoms with Crippen molar-refractivity contribution in [2.45, 2.75) is 32.6 Å². The zero-order chi connectivity index (χ0) is 9.80. The third-order valence-electron chi connectivity index (χ3n) is 4.01. The van der Waals surface area contributed by atoms with E-state index >= 15 is 0 Å². The van der Waals surface area contributed by atoms with Crippen molar-refractivity contribution in [3.05, 3.63) is 0 Å². The molecule has 0 atom stereocenters. The lowest BCUT2D eigenvalue weighted by molar-refractivity contribution is 0.0310. The molecule has 0 aromatic carbocycles. The minimum Gasteiger partial charge on any atom is -0.381 e. The van der Waals surface area contributed by atoms with Crippen molar-refractivity contribution in [2.24, 2.45) is 11.8 Å². The van der Waals surface area contributed by atoms with Gasteiger partial charge in [0.1, 0.15) is 0 Å². The molecule has 2 saturated heterocycles. The monoisotopic (exact) mass is 197 g/mol. The minimum absolute atomic E-state index is 0.975. The largest absolute Gasteiger partial charge is 0.381 e. The SMILES string of the molecule is CCN1CCC(C2CCOCC2)CC1. The smallest absolute Gasteiger partial charge is 0.0468 e. The summed E-state index contributed by atoms with van der Waals surface area (Å²) in [5.41, 5.74) is 0. The van der Waals surface area contributed by atoms with Gasteiger partial charge in [0.2, 0.25) is 0 Å². The molecular formula is C12H23NO.